The first-order valence-corrected chi connectivity index (χ1v) is 5.09. The maximum absolute atomic E-state index is 6.11. The van der Waals surface area contributed by atoms with Crippen LogP contribution in [0.2, 0.25) is 0 Å². The lowest BCUT2D eigenvalue weighted by Gasteiger charge is -2.41. The van der Waals surface area contributed by atoms with Gasteiger partial charge in [0.05, 0.1) is 0 Å². The minimum atomic E-state index is 0.264. The van der Waals surface area contributed by atoms with E-state index in [2.05, 4.69) is 20.4 Å². The second-order valence-corrected chi connectivity index (χ2v) is 4.87. The average Bonchev–Trinajstić information content (AvgIpc) is 2.03. The van der Waals surface area contributed by atoms with Gasteiger partial charge < -0.3 is 11.5 Å². The summed E-state index contributed by atoms with van der Waals surface area (Å²) in [5.41, 5.74) is 13.4. The summed E-state index contributed by atoms with van der Waals surface area (Å²) in [4.78, 5) is 0. The molecule has 0 spiro atoms. The summed E-state index contributed by atoms with van der Waals surface area (Å²) in [5, 5.41) is 0. The molecule has 0 aliphatic heterocycles. The topological polar surface area (TPSA) is 52.0 Å². The molecule has 1 fully saturated rings. The van der Waals surface area contributed by atoms with Crippen LogP contribution in [0.5, 0.6) is 0 Å². The van der Waals surface area contributed by atoms with Crippen molar-refractivity contribution in [2.45, 2.75) is 39.2 Å². The molecule has 0 saturated heterocycles. The lowest BCUT2D eigenvalue weighted by atomic mass is 9.68. The van der Waals surface area contributed by atoms with Crippen molar-refractivity contribution in [3.63, 3.8) is 0 Å². The summed E-state index contributed by atoms with van der Waals surface area (Å²) >= 11 is 0. The highest BCUT2D eigenvalue weighted by Crippen LogP contribution is 2.39. The quantitative estimate of drug-likeness (QED) is 0.638. The lowest BCUT2D eigenvalue weighted by molar-refractivity contribution is 0.169. The highest BCUT2D eigenvalue weighted by atomic mass is 14.7. The second-order valence-electron chi connectivity index (χ2n) is 4.87. The molecule has 0 aromatic rings. The van der Waals surface area contributed by atoms with E-state index in [0.29, 0.717) is 5.92 Å². The fourth-order valence-electron chi connectivity index (χ4n) is 2.33. The smallest absolute Gasteiger partial charge is 0.0110 e. The Kier molecular flexibility index (Phi) is 3.14. The molecule has 0 amide bonds. The molecule has 0 heterocycles. The van der Waals surface area contributed by atoms with E-state index in [4.69, 9.17) is 11.5 Å². The van der Waals surface area contributed by atoms with E-state index in [-0.39, 0.29) is 11.5 Å². The Morgan fingerprint density at radius 3 is 2.62 bits per heavy atom. The first-order chi connectivity index (χ1) is 5.98. The van der Waals surface area contributed by atoms with Gasteiger partial charge in [-0.15, -0.1) is 0 Å². The van der Waals surface area contributed by atoms with E-state index >= 15 is 0 Å². The third-order valence-corrected chi connectivity index (χ3v) is 3.43. The molecule has 4 N–H and O–H groups in total. The second kappa shape index (κ2) is 3.81. The van der Waals surface area contributed by atoms with Gasteiger partial charge in [0.2, 0.25) is 0 Å². The highest BCUT2D eigenvalue weighted by molar-refractivity contribution is 5.05. The summed E-state index contributed by atoms with van der Waals surface area (Å²) in [7, 11) is 0. The van der Waals surface area contributed by atoms with Crippen molar-refractivity contribution in [3.8, 4) is 0 Å². The van der Waals surface area contributed by atoms with Crippen molar-refractivity contribution >= 4 is 0 Å². The number of hydrogen-bond donors (Lipinski definition) is 2. The maximum Gasteiger partial charge on any atom is 0.0110 e. The number of rotatable bonds is 2. The van der Waals surface area contributed by atoms with Crippen LogP contribution >= 0.6 is 0 Å². The fraction of sp³-hybridized carbons (Fsp3) is 0.818. The Labute approximate surface area is 81.4 Å². The van der Waals surface area contributed by atoms with Crippen LogP contribution in [0.3, 0.4) is 0 Å². The molecule has 0 aromatic heterocycles. The van der Waals surface area contributed by atoms with Crippen molar-refractivity contribution in [1.29, 1.82) is 0 Å². The third kappa shape index (κ3) is 2.32. The van der Waals surface area contributed by atoms with Gasteiger partial charge >= 0.3 is 0 Å². The standard InChI is InChI=1S/C11H22N2/c1-8(2)9-4-5-11(3,7-12)6-10(9)13/h9-10H,1,4-7,12-13H2,2-3H3. The van der Waals surface area contributed by atoms with E-state index in [1.165, 1.54) is 12.0 Å². The molecule has 3 unspecified atom stereocenters. The Morgan fingerprint density at radius 2 is 2.23 bits per heavy atom. The van der Waals surface area contributed by atoms with Crippen molar-refractivity contribution in [1.82, 2.24) is 0 Å². The van der Waals surface area contributed by atoms with Crippen LogP contribution in [-0.2, 0) is 0 Å². The van der Waals surface area contributed by atoms with Crippen LogP contribution in [0, 0.1) is 11.3 Å². The zero-order valence-electron chi connectivity index (χ0n) is 8.84. The molecule has 1 aliphatic carbocycles. The molecule has 13 heavy (non-hydrogen) atoms. The molecule has 76 valence electrons. The number of hydrogen-bond acceptors (Lipinski definition) is 2. The van der Waals surface area contributed by atoms with Gasteiger partial charge in [0, 0.05) is 6.04 Å². The predicted octanol–water partition coefficient (Wildman–Crippen LogP) is 1.65. The minimum Gasteiger partial charge on any atom is -0.330 e. The van der Waals surface area contributed by atoms with Gasteiger partial charge in [-0.1, -0.05) is 19.1 Å². The molecule has 1 aliphatic rings. The highest BCUT2D eigenvalue weighted by Gasteiger charge is 2.35. The summed E-state index contributed by atoms with van der Waals surface area (Å²) < 4.78 is 0. The Bertz CT molecular complexity index is 200. The van der Waals surface area contributed by atoms with E-state index in [0.717, 1.165) is 19.4 Å². The molecule has 0 aromatic carbocycles. The molecule has 0 bridgehead atoms. The minimum absolute atomic E-state index is 0.264. The van der Waals surface area contributed by atoms with Gasteiger partial charge in [0.25, 0.3) is 0 Å². The first-order valence-electron chi connectivity index (χ1n) is 5.09. The van der Waals surface area contributed by atoms with Crippen LogP contribution in [0.1, 0.15) is 33.1 Å². The van der Waals surface area contributed by atoms with Crippen LogP contribution in [-0.4, -0.2) is 12.6 Å². The lowest BCUT2D eigenvalue weighted by Crippen LogP contribution is -2.44. The normalized spacial score (nSPS) is 40.3. The van der Waals surface area contributed by atoms with E-state index in [9.17, 15) is 0 Å². The van der Waals surface area contributed by atoms with Gasteiger partial charge in [-0.3, -0.25) is 0 Å². The van der Waals surface area contributed by atoms with Gasteiger partial charge in [-0.05, 0) is 44.1 Å². The average molecular weight is 182 g/mol. The van der Waals surface area contributed by atoms with Gasteiger partial charge in [0.15, 0.2) is 0 Å². The van der Waals surface area contributed by atoms with Crippen LogP contribution in [0.15, 0.2) is 12.2 Å². The molecule has 2 heteroatoms. The van der Waals surface area contributed by atoms with Crippen LogP contribution in [0.25, 0.3) is 0 Å². The Balaban J connectivity index is 2.61. The molecule has 1 saturated carbocycles. The summed E-state index contributed by atoms with van der Waals surface area (Å²) in [6.45, 7) is 9.06. The molecule has 2 nitrogen and oxygen atoms in total. The van der Waals surface area contributed by atoms with Gasteiger partial charge in [-0.2, -0.15) is 0 Å². The Morgan fingerprint density at radius 1 is 1.62 bits per heavy atom. The first kappa shape index (κ1) is 10.7. The van der Waals surface area contributed by atoms with E-state index in [1.807, 2.05) is 0 Å². The zero-order valence-corrected chi connectivity index (χ0v) is 8.84. The van der Waals surface area contributed by atoms with Crippen LogP contribution in [0.4, 0.5) is 0 Å². The summed E-state index contributed by atoms with van der Waals surface area (Å²) in [6.07, 6.45) is 3.39. The molecular weight excluding hydrogens is 160 g/mol. The summed E-state index contributed by atoms with van der Waals surface area (Å²) in [6, 6.07) is 0.264. The van der Waals surface area contributed by atoms with Crippen molar-refractivity contribution < 1.29 is 0 Å². The third-order valence-electron chi connectivity index (χ3n) is 3.43. The van der Waals surface area contributed by atoms with Crippen molar-refractivity contribution in [3.05, 3.63) is 12.2 Å². The zero-order chi connectivity index (χ0) is 10.1. The molecular formula is C11H22N2. The summed E-state index contributed by atoms with van der Waals surface area (Å²) in [5.74, 6) is 0.514. The van der Waals surface area contributed by atoms with Gasteiger partial charge in [0.1, 0.15) is 0 Å². The molecule has 0 radical (unpaired) electrons. The van der Waals surface area contributed by atoms with Crippen molar-refractivity contribution in [2.24, 2.45) is 22.8 Å². The SMILES string of the molecule is C=C(C)C1CCC(C)(CN)CC1N. The number of nitrogens with two attached hydrogens (primary N) is 2. The maximum atomic E-state index is 6.11. The largest absolute Gasteiger partial charge is 0.330 e. The van der Waals surface area contributed by atoms with Crippen LogP contribution < -0.4 is 11.5 Å². The monoisotopic (exact) mass is 182 g/mol. The fourth-order valence-corrected chi connectivity index (χ4v) is 2.33. The Hall–Kier alpha value is -0.340. The van der Waals surface area contributed by atoms with E-state index < -0.39 is 0 Å². The molecule has 3 atom stereocenters. The van der Waals surface area contributed by atoms with E-state index in [1.54, 1.807) is 0 Å². The van der Waals surface area contributed by atoms with Crippen molar-refractivity contribution in [2.75, 3.05) is 6.54 Å². The van der Waals surface area contributed by atoms with Gasteiger partial charge in [-0.25, -0.2) is 0 Å². The molecule has 1 rings (SSSR count). The predicted molar refractivity (Wildman–Crippen MR) is 57.3 cm³/mol.